The molecular formula is C22H24FN5O2. The number of urea groups is 1. The van der Waals surface area contributed by atoms with Crippen molar-refractivity contribution in [1.29, 1.82) is 0 Å². The van der Waals surface area contributed by atoms with Gasteiger partial charge in [-0.2, -0.15) is 0 Å². The molecule has 7 nitrogen and oxygen atoms in total. The SMILES string of the molecule is C[C@@H](NC(=O)N1CCN(c2ccc(F)cc2)CC1)C(=O)Nc1ccc2cc[nH]c2c1. The number of nitrogens with one attached hydrogen (secondary N) is 3. The molecule has 1 aromatic heterocycles. The van der Waals surface area contributed by atoms with E-state index in [0.717, 1.165) is 16.6 Å². The molecule has 3 amide bonds. The average molecular weight is 409 g/mol. The number of rotatable bonds is 4. The van der Waals surface area contributed by atoms with Crippen LogP contribution in [-0.2, 0) is 4.79 Å². The molecule has 3 aromatic rings. The van der Waals surface area contributed by atoms with Gasteiger partial charge in [0.2, 0.25) is 5.91 Å². The maximum atomic E-state index is 13.1. The van der Waals surface area contributed by atoms with Crippen LogP contribution in [0.3, 0.4) is 0 Å². The fourth-order valence-electron chi connectivity index (χ4n) is 3.54. The molecule has 0 saturated carbocycles. The highest BCUT2D eigenvalue weighted by molar-refractivity contribution is 5.98. The Bertz CT molecular complexity index is 1040. The lowest BCUT2D eigenvalue weighted by molar-refractivity contribution is -0.117. The Morgan fingerprint density at radius 3 is 2.50 bits per heavy atom. The minimum atomic E-state index is -0.674. The Kier molecular flexibility index (Phi) is 5.56. The Hall–Kier alpha value is -3.55. The number of anilines is 2. The van der Waals surface area contributed by atoms with E-state index < -0.39 is 6.04 Å². The standard InChI is InChI=1S/C22H24FN5O2/c1-15(21(29)26-18-5-2-16-8-9-24-20(16)14-18)25-22(30)28-12-10-27(11-13-28)19-6-3-17(23)4-7-19/h2-9,14-15,24H,10-13H2,1H3,(H,25,30)(H,26,29)/t15-/m1/s1. The van der Waals surface area contributed by atoms with Crippen LogP contribution >= 0.6 is 0 Å². The first kappa shape index (κ1) is 19.8. The lowest BCUT2D eigenvalue weighted by Gasteiger charge is -2.36. The summed E-state index contributed by atoms with van der Waals surface area (Å²) in [6.45, 7) is 4.02. The topological polar surface area (TPSA) is 80.5 Å². The number of carbonyl (C=O) groups is 2. The second-order valence-electron chi connectivity index (χ2n) is 7.39. The molecule has 1 saturated heterocycles. The molecule has 2 heterocycles. The lowest BCUT2D eigenvalue weighted by Crippen LogP contribution is -2.54. The van der Waals surface area contributed by atoms with Gasteiger partial charge in [0.1, 0.15) is 11.9 Å². The highest BCUT2D eigenvalue weighted by Gasteiger charge is 2.24. The van der Waals surface area contributed by atoms with Crippen LogP contribution < -0.4 is 15.5 Å². The summed E-state index contributed by atoms with van der Waals surface area (Å²) >= 11 is 0. The summed E-state index contributed by atoms with van der Waals surface area (Å²) in [5, 5.41) is 6.66. The molecule has 30 heavy (non-hydrogen) atoms. The van der Waals surface area contributed by atoms with E-state index in [-0.39, 0.29) is 17.8 Å². The van der Waals surface area contributed by atoms with Crippen LogP contribution in [0.25, 0.3) is 10.9 Å². The van der Waals surface area contributed by atoms with Crippen LogP contribution in [0, 0.1) is 5.82 Å². The van der Waals surface area contributed by atoms with Crippen molar-refractivity contribution in [3.63, 3.8) is 0 Å². The normalized spacial score (nSPS) is 15.1. The molecular weight excluding hydrogens is 385 g/mol. The third-order valence-corrected chi connectivity index (χ3v) is 5.31. The Morgan fingerprint density at radius 2 is 1.77 bits per heavy atom. The molecule has 4 rings (SSSR count). The van der Waals surface area contributed by atoms with Crippen LogP contribution in [0.4, 0.5) is 20.6 Å². The van der Waals surface area contributed by atoms with E-state index in [1.165, 1.54) is 12.1 Å². The first-order chi connectivity index (χ1) is 14.5. The monoisotopic (exact) mass is 409 g/mol. The van der Waals surface area contributed by atoms with Gasteiger partial charge >= 0.3 is 6.03 Å². The summed E-state index contributed by atoms with van der Waals surface area (Å²) in [7, 11) is 0. The van der Waals surface area contributed by atoms with Gasteiger partial charge in [0.05, 0.1) is 0 Å². The summed E-state index contributed by atoms with van der Waals surface area (Å²) in [6.07, 6.45) is 1.84. The molecule has 0 spiro atoms. The first-order valence-electron chi connectivity index (χ1n) is 9.93. The molecule has 0 unspecified atom stereocenters. The molecule has 1 aliphatic rings. The van der Waals surface area contributed by atoms with Crippen molar-refractivity contribution in [2.75, 3.05) is 36.4 Å². The second kappa shape index (κ2) is 8.44. The van der Waals surface area contributed by atoms with Gasteiger partial charge in [-0.1, -0.05) is 6.07 Å². The quantitative estimate of drug-likeness (QED) is 0.619. The minimum Gasteiger partial charge on any atom is -0.368 e. The van der Waals surface area contributed by atoms with E-state index in [2.05, 4.69) is 20.5 Å². The van der Waals surface area contributed by atoms with Crippen molar-refractivity contribution in [3.05, 3.63) is 60.5 Å². The largest absolute Gasteiger partial charge is 0.368 e. The van der Waals surface area contributed by atoms with Gasteiger partial charge < -0.3 is 25.4 Å². The number of carbonyl (C=O) groups excluding carboxylic acids is 2. The molecule has 2 aromatic carbocycles. The number of piperazine rings is 1. The van der Waals surface area contributed by atoms with Gasteiger partial charge in [-0.15, -0.1) is 0 Å². The molecule has 156 valence electrons. The van der Waals surface area contributed by atoms with E-state index in [1.54, 1.807) is 24.0 Å². The maximum absolute atomic E-state index is 13.1. The average Bonchev–Trinajstić information content (AvgIpc) is 3.22. The zero-order valence-electron chi connectivity index (χ0n) is 16.7. The number of fused-ring (bicyclic) bond motifs is 1. The van der Waals surface area contributed by atoms with Crippen LogP contribution in [0.5, 0.6) is 0 Å². The van der Waals surface area contributed by atoms with E-state index in [9.17, 15) is 14.0 Å². The maximum Gasteiger partial charge on any atom is 0.318 e. The Labute approximate surface area is 173 Å². The van der Waals surface area contributed by atoms with Gasteiger partial charge in [-0.05, 0) is 54.8 Å². The second-order valence-corrected chi connectivity index (χ2v) is 7.39. The van der Waals surface area contributed by atoms with Crippen molar-refractivity contribution in [2.24, 2.45) is 0 Å². The molecule has 1 atom stereocenters. The van der Waals surface area contributed by atoms with E-state index >= 15 is 0 Å². The lowest BCUT2D eigenvalue weighted by atomic mass is 10.2. The van der Waals surface area contributed by atoms with Crippen LogP contribution in [0.2, 0.25) is 0 Å². The van der Waals surface area contributed by atoms with Crippen molar-refractivity contribution in [3.8, 4) is 0 Å². The third-order valence-electron chi connectivity index (χ3n) is 5.31. The molecule has 8 heteroatoms. The number of aromatic nitrogens is 1. The highest BCUT2D eigenvalue weighted by Crippen LogP contribution is 2.18. The zero-order chi connectivity index (χ0) is 21.1. The van der Waals surface area contributed by atoms with Gasteiger partial charge in [0.15, 0.2) is 0 Å². The number of H-pyrrole nitrogens is 1. The number of benzene rings is 2. The van der Waals surface area contributed by atoms with Gasteiger partial charge in [-0.25, -0.2) is 9.18 Å². The predicted octanol–water partition coefficient (Wildman–Crippen LogP) is 3.17. The number of hydrogen-bond acceptors (Lipinski definition) is 3. The smallest absolute Gasteiger partial charge is 0.318 e. The van der Waals surface area contributed by atoms with Gasteiger partial charge in [0, 0.05) is 49.3 Å². The van der Waals surface area contributed by atoms with Crippen molar-refractivity contribution in [1.82, 2.24) is 15.2 Å². The third kappa shape index (κ3) is 4.37. The van der Waals surface area contributed by atoms with Crippen LogP contribution in [0.15, 0.2) is 54.7 Å². The van der Waals surface area contributed by atoms with Crippen LogP contribution in [-0.4, -0.2) is 54.0 Å². The van der Waals surface area contributed by atoms with Gasteiger partial charge in [0.25, 0.3) is 0 Å². The summed E-state index contributed by atoms with van der Waals surface area (Å²) in [6, 6.07) is 13.0. The predicted molar refractivity (Wildman–Crippen MR) is 115 cm³/mol. The number of halogens is 1. The molecule has 1 aliphatic heterocycles. The van der Waals surface area contributed by atoms with Crippen molar-refractivity contribution < 1.29 is 14.0 Å². The van der Waals surface area contributed by atoms with E-state index in [0.29, 0.717) is 31.9 Å². The molecule has 0 radical (unpaired) electrons. The highest BCUT2D eigenvalue weighted by atomic mass is 19.1. The Balaban J connectivity index is 1.27. The summed E-state index contributed by atoms with van der Waals surface area (Å²) in [5.41, 5.74) is 2.54. The fraction of sp³-hybridized carbons (Fsp3) is 0.273. The van der Waals surface area contributed by atoms with Crippen molar-refractivity contribution >= 4 is 34.2 Å². The van der Waals surface area contributed by atoms with Gasteiger partial charge in [-0.3, -0.25) is 4.79 Å². The molecule has 3 N–H and O–H groups in total. The zero-order valence-corrected chi connectivity index (χ0v) is 16.7. The number of aromatic amines is 1. The van der Waals surface area contributed by atoms with Crippen LogP contribution in [0.1, 0.15) is 6.92 Å². The molecule has 0 aliphatic carbocycles. The Morgan fingerprint density at radius 1 is 1.03 bits per heavy atom. The number of hydrogen-bond donors (Lipinski definition) is 3. The minimum absolute atomic E-state index is 0.267. The van der Waals surface area contributed by atoms with E-state index in [1.807, 2.05) is 30.5 Å². The number of nitrogens with zero attached hydrogens (tertiary/aromatic N) is 2. The number of amides is 3. The molecule has 0 bridgehead atoms. The van der Waals surface area contributed by atoms with E-state index in [4.69, 9.17) is 0 Å². The first-order valence-corrected chi connectivity index (χ1v) is 9.93. The summed E-state index contributed by atoms with van der Waals surface area (Å²) in [4.78, 5) is 31.9. The summed E-state index contributed by atoms with van der Waals surface area (Å²) in [5.74, 6) is -0.545. The molecule has 1 fully saturated rings. The summed E-state index contributed by atoms with van der Waals surface area (Å²) < 4.78 is 13.1. The fourth-order valence-corrected chi connectivity index (χ4v) is 3.54. The van der Waals surface area contributed by atoms with Crippen molar-refractivity contribution in [2.45, 2.75) is 13.0 Å².